The fraction of sp³-hybridized carbons (Fsp3) is 0.0714. The zero-order chi connectivity index (χ0) is 15.4. The molecule has 0 fully saturated rings. The minimum absolute atomic E-state index is 0.0982. The van der Waals surface area contributed by atoms with Crippen LogP contribution in [0.3, 0.4) is 0 Å². The lowest BCUT2D eigenvalue weighted by molar-refractivity contribution is -0.136. The van der Waals surface area contributed by atoms with Crippen molar-refractivity contribution in [1.82, 2.24) is 4.98 Å². The lowest BCUT2D eigenvalue weighted by Gasteiger charge is -2.07. The first kappa shape index (κ1) is 15.1. The summed E-state index contributed by atoms with van der Waals surface area (Å²) >= 11 is 3.17. The maximum atomic E-state index is 13.6. The maximum absolute atomic E-state index is 13.6. The molecular formula is C14H10BrFN2O3. The molecule has 1 aromatic carbocycles. The molecule has 0 aliphatic carbocycles. The van der Waals surface area contributed by atoms with E-state index >= 15 is 0 Å². The fourth-order valence-electron chi connectivity index (χ4n) is 1.63. The minimum atomic E-state index is -0.990. The maximum Gasteiger partial charge on any atom is 0.309 e. The Morgan fingerprint density at radius 1 is 1.29 bits per heavy atom. The Balaban J connectivity index is 2.12. The van der Waals surface area contributed by atoms with Crippen molar-refractivity contribution in [3.63, 3.8) is 0 Å². The topological polar surface area (TPSA) is 79.3 Å². The number of aromatic nitrogens is 1. The Morgan fingerprint density at radius 2 is 2.05 bits per heavy atom. The van der Waals surface area contributed by atoms with Crippen LogP contribution in [0.2, 0.25) is 0 Å². The smallest absolute Gasteiger partial charge is 0.309 e. The van der Waals surface area contributed by atoms with Gasteiger partial charge < -0.3 is 10.4 Å². The molecule has 0 saturated carbocycles. The van der Waals surface area contributed by atoms with E-state index in [9.17, 15) is 14.0 Å². The van der Waals surface area contributed by atoms with Gasteiger partial charge in [-0.15, -0.1) is 0 Å². The van der Waals surface area contributed by atoms with E-state index in [1.54, 1.807) is 0 Å². The molecule has 5 nitrogen and oxygen atoms in total. The second-order valence-corrected chi connectivity index (χ2v) is 5.10. The number of rotatable bonds is 4. The minimum Gasteiger partial charge on any atom is -0.481 e. The number of amides is 1. The van der Waals surface area contributed by atoms with Gasteiger partial charge in [-0.25, -0.2) is 4.39 Å². The Kier molecular flexibility index (Phi) is 4.64. The number of nitrogens with zero attached hydrogens (tertiary/aromatic N) is 1. The summed E-state index contributed by atoms with van der Waals surface area (Å²) in [5.41, 5.74) is 0.627. The first-order valence-electron chi connectivity index (χ1n) is 5.89. The summed E-state index contributed by atoms with van der Waals surface area (Å²) in [6.45, 7) is 0. The number of carbonyl (C=O) groups is 2. The van der Waals surface area contributed by atoms with E-state index in [-0.39, 0.29) is 12.0 Å². The Hall–Kier alpha value is -2.28. The first-order chi connectivity index (χ1) is 9.95. The van der Waals surface area contributed by atoms with Crippen molar-refractivity contribution >= 4 is 33.5 Å². The summed E-state index contributed by atoms with van der Waals surface area (Å²) in [6.07, 6.45) is 1.13. The zero-order valence-electron chi connectivity index (χ0n) is 10.6. The van der Waals surface area contributed by atoms with Crippen molar-refractivity contribution in [3.8, 4) is 0 Å². The van der Waals surface area contributed by atoms with Crippen molar-refractivity contribution in [2.75, 3.05) is 5.32 Å². The average Bonchev–Trinajstić information content (AvgIpc) is 2.43. The number of aliphatic carboxylic acids is 1. The molecule has 21 heavy (non-hydrogen) atoms. The highest BCUT2D eigenvalue weighted by molar-refractivity contribution is 9.10. The van der Waals surface area contributed by atoms with Crippen molar-refractivity contribution in [1.29, 1.82) is 0 Å². The van der Waals surface area contributed by atoms with Crippen molar-refractivity contribution in [3.05, 3.63) is 58.1 Å². The van der Waals surface area contributed by atoms with Gasteiger partial charge in [-0.3, -0.25) is 14.6 Å². The van der Waals surface area contributed by atoms with Crippen LogP contribution in [0, 0.1) is 5.82 Å². The number of hydrogen-bond donors (Lipinski definition) is 2. The molecule has 0 spiro atoms. The van der Waals surface area contributed by atoms with E-state index in [1.807, 2.05) is 0 Å². The molecule has 0 saturated heterocycles. The highest BCUT2D eigenvalue weighted by Gasteiger charge is 2.12. The van der Waals surface area contributed by atoms with Gasteiger partial charge in [0.2, 0.25) is 0 Å². The predicted octanol–water partition coefficient (Wildman–Crippen LogP) is 2.86. The van der Waals surface area contributed by atoms with E-state index in [0.717, 1.165) is 0 Å². The van der Waals surface area contributed by atoms with Crippen LogP contribution in [0.1, 0.15) is 16.1 Å². The molecule has 108 valence electrons. The van der Waals surface area contributed by atoms with E-state index < -0.39 is 17.7 Å². The molecule has 1 aromatic heterocycles. The quantitative estimate of drug-likeness (QED) is 0.886. The van der Waals surface area contributed by atoms with Crippen LogP contribution in [0.4, 0.5) is 10.1 Å². The van der Waals surface area contributed by atoms with Gasteiger partial charge in [-0.2, -0.15) is 0 Å². The van der Waals surface area contributed by atoms with Crippen molar-refractivity contribution in [2.45, 2.75) is 6.42 Å². The highest BCUT2D eigenvalue weighted by Crippen LogP contribution is 2.17. The largest absolute Gasteiger partial charge is 0.481 e. The first-order valence-corrected chi connectivity index (χ1v) is 6.68. The molecule has 0 radical (unpaired) electrons. The molecule has 0 aliphatic rings. The molecule has 0 bridgehead atoms. The Morgan fingerprint density at radius 3 is 2.67 bits per heavy atom. The highest BCUT2D eigenvalue weighted by atomic mass is 79.9. The average molecular weight is 353 g/mol. The molecular weight excluding hydrogens is 343 g/mol. The van der Waals surface area contributed by atoms with Gasteiger partial charge in [0.25, 0.3) is 5.91 Å². The number of carbonyl (C=O) groups excluding carboxylic acids is 1. The normalized spacial score (nSPS) is 10.2. The third-order valence-corrected chi connectivity index (χ3v) is 3.08. The number of hydrogen-bond acceptors (Lipinski definition) is 3. The number of nitrogens with one attached hydrogen (secondary N) is 1. The summed E-state index contributed by atoms with van der Waals surface area (Å²) < 4.78 is 14.2. The van der Waals surface area contributed by atoms with Gasteiger partial charge in [0.05, 0.1) is 29.6 Å². The van der Waals surface area contributed by atoms with Gasteiger partial charge in [0, 0.05) is 4.47 Å². The van der Waals surface area contributed by atoms with Gasteiger partial charge in [0.15, 0.2) is 0 Å². The van der Waals surface area contributed by atoms with Crippen LogP contribution in [0.5, 0.6) is 0 Å². The van der Waals surface area contributed by atoms with E-state index in [2.05, 4.69) is 26.2 Å². The number of anilines is 1. The molecule has 1 amide bonds. The van der Waals surface area contributed by atoms with Crippen LogP contribution in [0.15, 0.2) is 41.0 Å². The van der Waals surface area contributed by atoms with Crippen LogP contribution in [-0.2, 0) is 11.2 Å². The van der Waals surface area contributed by atoms with Crippen LogP contribution in [-0.4, -0.2) is 22.0 Å². The van der Waals surface area contributed by atoms with Gasteiger partial charge in [0.1, 0.15) is 5.82 Å². The molecule has 0 aliphatic heterocycles. The number of carboxylic acids is 1. The van der Waals surface area contributed by atoms with E-state index in [0.29, 0.717) is 15.9 Å². The van der Waals surface area contributed by atoms with Crippen molar-refractivity contribution in [2.24, 2.45) is 0 Å². The number of benzene rings is 1. The summed E-state index contributed by atoms with van der Waals surface area (Å²) in [7, 11) is 0. The predicted molar refractivity (Wildman–Crippen MR) is 77.6 cm³/mol. The Labute approximate surface area is 128 Å². The number of carboxylic acid groups (broad SMARTS) is 1. The lowest BCUT2D eigenvalue weighted by atomic mass is 10.2. The molecule has 1 heterocycles. The summed E-state index contributed by atoms with van der Waals surface area (Å²) in [6, 6.07) is 7.05. The second kappa shape index (κ2) is 6.45. The van der Waals surface area contributed by atoms with E-state index in [4.69, 9.17) is 5.11 Å². The Bertz CT molecular complexity index is 689. The standard InChI is InChI=1S/C14H10BrFN2O3/c15-8-1-4-12(16)11(5-8)14(21)18-10-3-2-9(17-7-10)6-13(19)20/h1-5,7H,6H2,(H,18,21)(H,19,20). The molecule has 0 atom stereocenters. The summed E-state index contributed by atoms with van der Waals surface area (Å²) in [4.78, 5) is 26.4. The SMILES string of the molecule is O=C(O)Cc1ccc(NC(=O)c2cc(Br)ccc2F)cn1. The monoisotopic (exact) mass is 352 g/mol. The van der Waals surface area contributed by atoms with Gasteiger partial charge in [-0.1, -0.05) is 15.9 Å². The molecule has 7 heteroatoms. The summed E-state index contributed by atoms with van der Waals surface area (Å²) in [5, 5.41) is 11.1. The number of halogens is 2. The number of pyridine rings is 1. The third-order valence-electron chi connectivity index (χ3n) is 2.59. The molecule has 0 unspecified atom stereocenters. The van der Waals surface area contributed by atoms with Crippen LogP contribution in [0.25, 0.3) is 0 Å². The molecule has 2 aromatic rings. The summed E-state index contributed by atoms with van der Waals surface area (Å²) in [5.74, 6) is -2.23. The van der Waals surface area contributed by atoms with Gasteiger partial charge >= 0.3 is 5.97 Å². The molecule has 2 rings (SSSR count). The molecule has 2 N–H and O–H groups in total. The zero-order valence-corrected chi connectivity index (χ0v) is 12.2. The third kappa shape index (κ3) is 4.09. The van der Waals surface area contributed by atoms with Crippen LogP contribution < -0.4 is 5.32 Å². The lowest BCUT2D eigenvalue weighted by Crippen LogP contribution is -2.14. The van der Waals surface area contributed by atoms with Crippen LogP contribution >= 0.6 is 15.9 Å². The second-order valence-electron chi connectivity index (χ2n) is 4.19. The van der Waals surface area contributed by atoms with Gasteiger partial charge in [-0.05, 0) is 30.3 Å². The fourth-order valence-corrected chi connectivity index (χ4v) is 1.99. The van der Waals surface area contributed by atoms with E-state index in [1.165, 1.54) is 36.5 Å². The van der Waals surface area contributed by atoms with Crippen molar-refractivity contribution < 1.29 is 19.1 Å².